The summed E-state index contributed by atoms with van der Waals surface area (Å²) in [7, 11) is -3.20. The van der Waals surface area contributed by atoms with Crippen LogP contribution in [0.4, 0.5) is 17.6 Å². The minimum atomic E-state index is -4.07. The maximum absolute atomic E-state index is 12.7. The highest BCUT2D eigenvalue weighted by atomic mass is 32.2. The highest BCUT2D eigenvalue weighted by Crippen LogP contribution is 2.26. The Balaban J connectivity index is 2.49. The predicted molar refractivity (Wildman–Crippen MR) is 59.8 cm³/mol. The van der Waals surface area contributed by atoms with E-state index in [9.17, 15) is 26.0 Å². The van der Waals surface area contributed by atoms with Gasteiger partial charge in [-0.2, -0.15) is 8.78 Å². The third kappa shape index (κ3) is 4.38. The molecule has 2 atom stereocenters. The summed E-state index contributed by atoms with van der Waals surface area (Å²) in [5, 5.41) is 1.79. The molecule has 3 nitrogen and oxygen atoms in total. The molecule has 1 fully saturated rings. The molecule has 8 heteroatoms. The van der Waals surface area contributed by atoms with Crippen molar-refractivity contribution in [2.75, 3.05) is 12.8 Å². The second-order valence-electron chi connectivity index (χ2n) is 4.76. The molecule has 0 bridgehead atoms. The molecule has 2 unspecified atom stereocenters. The zero-order chi connectivity index (χ0) is 14.0. The average molecular weight is 291 g/mol. The number of hydrogen-bond donors (Lipinski definition) is 1. The predicted octanol–water partition coefficient (Wildman–Crippen LogP) is 1.83. The van der Waals surface area contributed by atoms with E-state index in [1.807, 2.05) is 0 Å². The van der Waals surface area contributed by atoms with Crippen molar-refractivity contribution in [3.8, 4) is 0 Å². The molecule has 1 rings (SSSR count). The van der Waals surface area contributed by atoms with Gasteiger partial charge in [-0.1, -0.05) is 6.42 Å². The van der Waals surface area contributed by atoms with Gasteiger partial charge in [0.2, 0.25) is 0 Å². The molecule has 0 saturated heterocycles. The molecular weight excluding hydrogens is 274 g/mol. The normalized spacial score (nSPS) is 26.6. The first kappa shape index (κ1) is 15.7. The fourth-order valence-electron chi connectivity index (χ4n) is 2.08. The van der Waals surface area contributed by atoms with Crippen LogP contribution in [-0.2, 0) is 9.84 Å². The first-order chi connectivity index (χ1) is 8.13. The smallest absolute Gasteiger partial charge is 0.308 e. The molecule has 1 saturated carbocycles. The summed E-state index contributed by atoms with van der Waals surface area (Å²) in [6.45, 7) is -1.12. The van der Waals surface area contributed by atoms with Crippen LogP contribution in [0.2, 0.25) is 0 Å². The van der Waals surface area contributed by atoms with E-state index in [1.54, 1.807) is 0 Å². The Bertz CT molecular complexity index is 372. The zero-order valence-electron chi connectivity index (χ0n) is 10.0. The molecule has 0 aromatic carbocycles. The van der Waals surface area contributed by atoms with Gasteiger partial charge in [0, 0.05) is 12.3 Å². The van der Waals surface area contributed by atoms with Crippen LogP contribution in [0, 0.1) is 0 Å². The first-order valence-electron chi connectivity index (χ1n) is 5.71. The summed E-state index contributed by atoms with van der Waals surface area (Å²) in [5.74, 6) is -4.07. The van der Waals surface area contributed by atoms with E-state index in [4.69, 9.17) is 0 Å². The molecule has 0 aromatic heterocycles. The molecule has 108 valence electrons. The van der Waals surface area contributed by atoms with Crippen molar-refractivity contribution in [2.45, 2.75) is 49.3 Å². The highest BCUT2D eigenvalue weighted by molar-refractivity contribution is 7.91. The molecule has 0 heterocycles. The van der Waals surface area contributed by atoms with E-state index in [2.05, 4.69) is 5.32 Å². The van der Waals surface area contributed by atoms with Crippen molar-refractivity contribution < 1.29 is 26.0 Å². The lowest BCUT2D eigenvalue weighted by Crippen LogP contribution is -2.46. The summed E-state index contributed by atoms with van der Waals surface area (Å²) in [4.78, 5) is 0. The van der Waals surface area contributed by atoms with E-state index in [0.717, 1.165) is 6.26 Å². The van der Waals surface area contributed by atoms with Crippen molar-refractivity contribution in [3.05, 3.63) is 0 Å². The summed E-state index contributed by atoms with van der Waals surface area (Å²) in [6.07, 6.45) is -0.769. The van der Waals surface area contributed by atoms with E-state index < -0.39 is 40.0 Å². The summed E-state index contributed by atoms with van der Waals surface area (Å²) in [5.41, 5.74) is 0. The Labute approximate surface area is 104 Å². The maximum Gasteiger partial charge on any atom is 0.319 e. The minimum absolute atomic E-state index is 0.206. The number of hydrogen-bond acceptors (Lipinski definition) is 3. The summed E-state index contributed by atoms with van der Waals surface area (Å²) in [6, 6.07) is -0.442. The van der Waals surface area contributed by atoms with Crippen LogP contribution < -0.4 is 5.32 Å². The molecule has 0 amide bonds. The van der Waals surface area contributed by atoms with E-state index >= 15 is 0 Å². The van der Waals surface area contributed by atoms with Crippen molar-refractivity contribution in [3.63, 3.8) is 0 Å². The fourth-order valence-corrected chi connectivity index (χ4v) is 3.25. The molecular formula is C10H17F4NO2S. The standard InChI is InChI=1S/C10H17F4NO2S/c1-18(16,17)8-4-2-3-7(5-8)15-6-10(13,14)9(11)12/h7-9,15H,2-6H2,1H3. The van der Waals surface area contributed by atoms with Gasteiger partial charge >= 0.3 is 12.3 Å². The van der Waals surface area contributed by atoms with E-state index in [1.165, 1.54) is 0 Å². The maximum atomic E-state index is 12.7. The van der Waals surface area contributed by atoms with Crippen LogP contribution in [0.25, 0.3) is 0 Å². The van der Waals surface area contributed by atoms with E-state index in [-0.39, 0.29) is 6.42 Å². The van der Waals surface area contributed by atoms with Crippen molar-refractivity contribution in [1.29, 1.82) is 0 Å². The number of nitrogens with one attached hydrogen (secondary N) is 1. The molecule has 18 heavy (non-hydrogen) atoms. The lowest BCUT2D eigenvalue weighted by Gasteiger charge is -2.30. The lowest BCUT2D eigenvalue weighted by atomic mass is 9.95. The largest absolute Gasteiger partial charge is 0.319 e. The van der Waals surface area contributed by atoms with Gasteiger partial charge in [-0.3, -0.25) is 0 Å². The van der Waals surface area contributed by atoms with Gasteiger partial charge in [-0.25, -0.2) is 17.2 Å². The molecule has 1 aliphatic rings. The van der Waals surface area contributed by atoms with Gasteiger partial charge in [0.05, 0.1) is 11.8 Å². The van der Waals surface area contributed by atoms with Gasteiger partial charge in [0.1, 0.15) is 9.84 Å². The average Bonchev–Trinajstić information content (AvgIpc) is 2.25. The number of halogens is 4. The summed E-state index contributed by atoms with van der Waals surface area (Å²) < 4.78 is 72.0. The fraction of sp³-hybridized carbons (Fsp3) is 1.00. The van der Waals surface area contributed by atoms with Crippen LogP contribution in [0.3, 0.4) is 0 Å². The highest BCUT2D eigenvalue weighted by Gasteiger charge is 2.41. The van der Waals surface area contributed by atoms with Crippen molar-refractivity contribution in [2.24, 2.45) is 0 Å². The SMILES string of the molecule is CS(=O)(=O)C1CCCC(NCC(F)(F)C(F)F)C1. The minimum Gasteiger partial charge on any atom is -0.308 e. The molecule has 0 aliphatic heterocycles. The van der Waals surface area contributed by atoms with Crippen LogP contribution in [0.1, 0.15) is 25.7 Å². The molecule has 0 aromatic rings. The Morgan fingerprint density at radius 3 is 2.44 bits per heavy atom. The number of alkyl halides is 4. The molecule has 1 aliphatic carbocycles. The van der Waals surface area contributed by atoms with Crippen molar-refractivity contribution >= 4 is 9.84 Å². The Morgan fingerprint density at radius 2 is 1.94 bits per heavy atom. The zero-order valence-corrected chi connectivity index (χ0v) is 10.8. The van der Waals surface area contributed by atoms with Crippen molar-refractivity contribution in [1.82, 2.24) is 5.32 Å². The van der Waals surface area contributed by atoms with Crippen LogP contribution >= 0.6 is 0 Å². The Morgan fingerprint density at radius 1 is 1.33 bits per heavy atom. The van der Waals surface area contributed by atoms with E-state index in [0.29, 0.717) is 19.3 Å². The quantitative estimate of drug-likeness (QED) is 0.786. The first-order valence-corrected chi connectivity index (χ1v) is 7.66. The molecule has 1 N–H and O–H groups in total. The Hall–Kier alpha value is -0.370. The number of sulfone groups is 1. The monoisotopic (exact) mass is 291 g/mol. The van der Waals surface area contributed by atoms with Crippen LogP contribution in [0.15, 0.2) is 0 Å². The van der Waals surface area contributed by atoms with Gasteiger partial charge in [-0.05, 0) is 19.3 Å². The third-order valence-electron chi connectivity index (χ3n) is 3.18. The Kier molecular flexibility index (Phi) is 4.99. The summed E-state index contributed by atoms with van der Waals surface area (Å²) >= 11 is 0. The molecule has 0 radical (unpaired) electrons. The topological polar surface area (TPSA) is 46.2 Å². The second-order valence-corrected chi connectivity index (χ2v) is 7.08. The lowest BCUT2D eigenvalue weighted by molar-refractivity contribution is -0.126. The van der Waals surface area contributed by atoms with Crippen LogP contribution in [0.5, 0.6) is 0 Å². The second kappa shape index (κ2) is 5.73. The third-order valence-corrected chi connectivity index (χ3v) is 4.82. The van der Waals surface area contributed by atoms with Gasteiger partial charge in [-0.15, -0.1) is 0 Å². The van der Waals surface area contributed by atoms with Gasteiger partial charge < -0.3 is 5.32 Å². The van der Waals surface area contributed by atoms with Crippen LogP contribution in [-0.4, -0.2) is 44.9 Å². The number of rotatable bonds is 5. The molecule has 0 spiro atoms. The van der Waals surface area contributed by atoms with Gasteiger partial charge in [0.25, 0.3) is 0 Å². The van der Waals surface area contributed by atoms with Gasteiger partial charge in [0.15, 0.2) is 0 Å².